The largest absolute Gasteiger partial charge is 0.322 e. The Hall–Kier alpha value is -2.47. The predicted octanol–water partition coefficient (Wildman–Crippen LogP) is 4.60. The lowest BCUT2D eigenvalue weighted by molar-refractivity contribution is 0.102. The maximum atomic E-state index is 12.5. The Morgan fingerprint density at radius 2 is 1.92 bits per heavy atom. The van der Waals surface area contributed by atoms with Crippen LogP contribution in [0, 0.1) is 13.8 Å². The first-order valence-corrected chi connectivity index (χ1v) is 9.84. The third-order valence-electron chi connectivity index (χ3n) is 4.80. The summed E-state index contributed by atoms with van der Waals surface area (Å²) < 4.78 is 2.23. The van der Waals surface area contributed by atoms with Gasteiger partial charge in [0.2, 0.25) is 0 Å². The van der Waals surface area contributed by atoms with Gasteiger partial charge in [-0.15, -0.1) is 21.5 Å². The molecule has 0 saturated heterocycles. The number of nitrogens with one attached hydrogen (secondary N) is 1. The van der Waals surface area contributed by atoms with Gasteiger partial charge in [0, 0.05) is 34.0 Å². The van der Waals surface area contributed by atoms with Gasteiger partial charge in [0.25, 0.3) is 5.91 Å². The van der Waals surface area contributed by atoms with Crippen molar-refractivity contribution in [2.75, 3.05) is 5.32 Å². The maximum Gasteiger partial charge on any atom is 0.256 e. The zero-order chi connectivity index (χ0) is 18.1. The van der Waals surface area contributed by atoms with Crippen molar-refractivity contribution in [3.05, 3.63) is 51.5 Å². The minimum atomic E-state index is -0.0593. The molecule has 6 heteroatoms. The summed E-state index contributed by atoms with van der Waals surface area (Å²) in [6.07, 6.45) is 4.60. The molecule has 3 heterocycles. The summed E-state index contributed by atoms with van der Waals surface area (Å²) in [5, 5.41) is 11.7. The van der Waals surface area contributed by atoms with Crippen molar-refractivity contribution in [1.29, 1.82) is 0 Å². The van der Waals surface area contributed by atoms with Gasteiger partial charge in [-0.25, -0.2) is 0 Å². The fraction of sp³-hybridized carbons (Fsp3) is 0.350. The number of carbonyl (C=O) groups excluding carboxylic acids is 1. The van der Waals surface area contributed by atoms with E-state index in [1.807, 2.05) is 44.2 Å². The minimum absolute atomic E-state index is 0.0593. The molecule has 0 aliphatic carbocycles. The number of aryl methyl sites for hydroxylation is 3. The Bertz CT molecular complexity index is 939. The smallest absolute Gasteiger partial charge is 0.256 e. The van der Waals surface area contributed by atoms with Crippen LogP contribution in [0.5, 0.6) is 0 Å². The van der Waals surface area contributed by atoms with Crippen LogP contribution in [0.1, 0.15) is 45.2 Å². The van der Waals surface area contributed by atoms with Crippen molar-refractivity contribution in [3.8, 4) is 11.4 Å². The first-order valence-electron chi connectivity index (χ1n) is 9.03. The average molecular weight is 366 g/mol. The number of thiophene rings is 1. The highest BCUT2D eigenvalue weighted by atomic mass is 32.1. The number of amides is 1. The number of carbonyl (C=O) groups is 1. The monoisotopic (exact) mass is 366 g/mol. The van der Waals surface area contributed by atoms with E-state index in [4.69, 9.17) is 0 Å². The van der Waals surface area contributed by atoms with Crippen molar-refractivity contribution < 1.29 is 4.79 Å². The Morgan fingerprint density at radius 1 is 1.12 bits per heavy atom. The molecule has 0 radical (unpaired) electrons. The molecule has 3 aromatic rings. The lowest BCUT2D eigenvalue weighted by atomic mass is 10.1. The molecule has 1 amide bonds. The van der Waals surface area contributed by atoms with Crippen molar-refractivity contribution in [3.63, 3.8) is 0 Å². The Balaban J connectivity index is 1.53. The van der Waals surface area contributed by atoms with Crippen molar-refractivity contribution in [2.24, 2.45) is 0 Å². The average Bonchev–Trinajstić information content (AvgIpc) is 3.09. The van der Waals surface area contributed by atoms with Crippen LogP contribution in [0.3, 0.4) is 0 Å². The van der Waals surface area contributed by atoms with Crippen LogP contribution in [0.15, 0.2) is 30.3 Å². The maximum absolute atomic E-state index is 12.5. The van der Waals surface area contributed by atoms with Gasteiger partial charge in [-0.2, -0.15) is 0 Å². The molecule has 1 aliphatic rings. The molecule has 134 valence electrons. The third-order valence-corrected chi connectivity index (χ3v) is 5.76. The summed E-state index contributed by atoms with van der Waals surface area (Å²) in [6.45, 7) is 4.98. The molecule has 4 rings (SSSR count). The summed E-state index contributed by atoms with van der Waals surface area (Å²) in [5.41, 5.74) is 2.57. The molecule has 0 atom stereocenters. The van der Waals surface area contributed by atoms with Gasteiger partial charge in [-0.3, -0.25) is 4.79 Å². The lowest BCUT2D eigenvalue weighted by Crippen LogP contribution is -2.12. The zero-order valence-electron chi connectivity index (χ0n) is 15.1. The van der Waals surface area contributed by atoms with Gasteiger partial charge in [0.05, 0.1) is 5.56 Å². The Labute approximate surface area is 157 Å². The molecular weight excluding hydrogens is 344 g/mol. The van der Waals surface area contributed by atoms with E-state index in [2.05, 4.69) is 20.1 Å². The van der Waals surface area contributed by atoms with Crippen LogP contribution in [0.4, 0.5) is 5.69 Å². The summed E-state index contributed by atoms with van der Waals surface area (Å²) in [5.74, 6) is 1.94. The fourth-order valence-electron chi connectivity index (χ4n) is 3.46. The zero-order valence-corrected chi connectivity index (χ0v) is 15.9. The summed E-state index contributed by atoms with van der Waals surface area (Å²) >= 11 is 1.64. The molecule has 1 aliphatic heterocycles. The second-order valence-electron chi connectivity index (χ2n) is 6.76. The predicted molar refractivity (Wildman–Crippen MR) is 105 cm³/mol. The highest BCUT2D eigenvalue weighted by Gasteiger charge is 2.16. The van der Waals surface area contributed by atoms with Gasteiger partial charge in [0.1, 0.15) is 5.82 Å². The fourth-order valence-corrected chi connectivity index (χ4v) is 4.38. The van der Waals surface area contributed by atoms with Crippen LogP contribution < -0.4 is 5.32 Å². The molecule has 1 aromatic carbocycles. The molecule has 26 heavy (non-hydrogen) atoms. The van der Waals surface area contributed by atoms with Crippen LogP contribution in [-0.2, 0) is 13.0 Å². The molecule has 2 aromatic heterocycles. The van der Waals surface area contributed by atoms with E-state index in [-0.39, 0.29) is 5.91 Å². The number of hydrogen-bond donors (Lipinski definition) is 1. The topological polar surface area (TPSA) is 59.8 Å². The van der Waals surface area contributed by atoms with Crippen LogP contribution in [0.2, 0.25) is 0 Å². The van der Waals surface area contributed by atoms with E-state index in [9.17, 15) is 4.79 Å². The molecule has 0 fully saturated rings. The second kappa shape index (κ2) is 7.03. The summed E-state index contributed by atoms with van der Waals surface area (Å²) in [4.78, 5) is 14.7. The molecule has 0 bridgehead atoms. The molecule has 5 nitrogen and oxygen atoms in total. The van der Waals surface area contributed by atoms with Gasteiger partial charge < -0.3 is 9.88 Å². The highest BCUT2D eigenvalue weighted by molar-refractivity contribution is 7.12. The number of benzene rings is 1. The normalized spacial score (nSPS) is 13.9. The number of nitrogens with zero attached hydrogens (tertiary/aromatic N) is 3. The number of rotatable bonds is 3. The van der Waals surface area contributed by atoms with Crippen LogP contribution in [-0.4, -0.2) is 20.7 Å². The van der Waals surface area contributed by atoms with Crippen LogP contribution >= 0.6 is 11.3 Å². The van der Waals surface area contributed by atoms with E-state index in [1.54, 1.807) is 11.3 Å². The van der Waals surface area contributed by atoms with E-state index in [0.717, 1.165) is 51.2 Å². The van der Waals surface area contributed by atoms with Gasteiger partial charge >= 0.3 is 0 Å². The number of anilines is 1. The highest BCUT2D eigenvalue weighted by Crippen LogP contribution is 2.25. The summed E-state index contributed by atoms with van der Waals surface area (Å²) in [7, 11) is 0. The number of fused-ring (bicyclic) bond motifs is 1. The van der Waals surface area contributed by atoms with Crippen molar-refractivity contribution in [2.45, 2.75) is 46.1 Å². The minimum Gasteiger partial charge on any atom is -0.322 e. The van der Waals surface area contributed by atoms with Gasteiger partial charge in [0.15, 0.2) is 5.82 Å². The van der Waals surface area contributed by atoms with Gasteiger partial charge in [-0.05, 0) is 57.0 Å². The van der Waals surface area contributed by atoms with Crippen LogP contribution in [0.25, 0.3) is 11.4 Å². The lowest BCUT2D eigenvalue weighted by Gasteiger charge is -2.08. The number of aromatic nitrogens is 3. The van der Waals surface area contributed by atoms with E-state index in [1.165, 1.54) is 19.3 Å². The standard InChI is InChI=1S/C20H22N4OS/c1-13-12-17(14(2)26-13)20(25)21-16-9-7-15(8-10-16)19-23-22-18-6-4-3-5-11-24(18)19/h7-10,12H,3-6,11H2,1-2H3,(H,21,25). The molecule has 1 N–H and O–H groups in total. The first kappa shape index (κ1) is 17.0. The van der Waals surface area contributed by atoms with Crippen molar-refractivity contribution in [1.82, 2.24) is 14.8 Å². The third kappa shape index (κ3) is 3.29. The Morgan fingerprint density at radius 3 is 2.65 bits per heavy atom. The quantitative estimate of drug-likeness (QED) is 0.737. The molecule has 0 spiro atoms. The second-order valence-corrected chi connectivity index (χ2v) is 8.22. The van der Waals surface area contributed by atoms with E-state index < -0.39 is 0 Å². The van der Waals surface area contributed by atoms with Crippen molar-refractivity contribution >= 4 is 22.9 Å². The Kier molecular flexibility index (Phi) is 4.59. The van der Waals surface area contributed by atoms with E-state index >= 15 is 0 Å². The first-order chi connectivity index (χ1) is 12.6. The number of hydrogen-bond acceptors (Lipinski definition) is 4. The molecule has 0 unspecified atom stereocenters. The SMILES string of the molecule is Cc1cc(C(=O)Nc2ccc(-c3nnc4n3CCCCC4)cc2)c(C)s1. The van der Waals surface area contributed by atoms with E-state index in [0.29, 0.717) is 0 Å². The molecule has 0 saturated carbocycles. The van der Waals surface area contributed by atoms with Gasteiger partial charge in [-0.1, -0.05) is 6.42 Å². The summed E-state index contributed by atoms with van der Waals surface area (Å²) in [6, 6.07) is 9.81. The molecular formula is C20H22N4OS.